The van der Waals surface area contributed by atoms with Crippen LogP contribution in [0.2, 0.25) is 0 Å². The van der Waals surface area contributed by atoms with Crippen molar-refractivity contribution in [2.45, 2.75) is 25.8 Å². The number of morpholine rings is 1. The summed E-state index contributed by atoms with van der Waals surface area (Å²) >= 11 is 0. The molecule has 0 radical (unpaired) electrons. The Kier molecular flexibility index (Phi) is 9.30. The number of carbonyl (C=O) groups excluding carboxylic acids is 2. The first-order valence-corrected chi connectivity index (χ1v) is 12.9. The molecule has 2 aromatic rings. The highest BCUT2D eigenvalue weighted by molar-refractivity contribution is 6.03. The Balaban J connectivity index is 1.60. The van der Waals surface area contributed by atoms with Gasteiger partial charge in [0.05, 0.1) is 39.2 Å². The highest BCUT2D eigenvalue weighted by Crippen LogP contribution is 2.37. The molecule has 0 spiro atoms. The number of amides is 2. The molecule has 0 unspecified atom stereocenters. The third-order valence-electron chi connectivity index (χ3n) is 6.91. The van der Waals surface area contributed by atoms with Crippen LogP contribution in [0.15, 0.2) is 47.6 Å². The summed E-state index contributed by atoms with van der Waals surface area (Å²) in [6.45, 7) is 5.67. The van der Waals surface area contributed by atoms with E-state index in [4.69, 9.17) is 14.2 Å². The number of benzene rings is 2. The number of hydrogen-bond donors (Lipinski definition) is 0. The third kappa shape index (κ3) is 6.31. The SMILES string of the molecule is CCC(=O)N(CCN1CCOCC1)CC(=O)N1N=C(c2ccccc2F)C[C@H]1c1ccc(OC)c(OC)c1. The second kappa shape index (κ2) is 12.8. The van der Waals surface area contributed by atoms with Crippen LogP contribution < -0.4 is 9.47 Å². The Labute approximate surface area is 222 Å². The molecule has 1 saturated heterocycles. The molecule has 2 aromatic carbocycles. The summed E-state index contributed by atoms with van der Waals surface area (Å²) in [6.07, 6.45) is 0.608. The largest absolute Gasteiger partial charge is 0.493 e. The lowest BCUT2D eigenvalue weighted by molar-refractivity contribution is -0.141. The Morgan fingerprint density at radius 1 is 1.11 bits per heavy atom. The van der Waals surface area contributed by atoms with Crippen LogP contribution >= 0.6 is 0 Å². The van der Waals surface area contributed by atoms with Crippen LogP contribution in [0.4, 0.5) is 4.39 Å². The van der Waals surface area contributed by atoms with Crippen molar-refractivity contribution < 1.29 is 28.2 Å². The molecule has 10 heteroatoms. The van der Waals surface area contributed by atoms with Crippen molar-refractivity contribution in [1.82, 2.24) is 14.8 Å². The van der Waals surface area contributed by atoms with Crippen LogP contribution in [0.1, 0.15) is 36.9 Å². The molecule has 38 heavy (non-hydrogen) atoms. The van der Waals surface area contributed by atoms with Crippen LogP contribution in [-0.4, -0.2) is 92.5 Å². The summed E-state index contributed by atoms with van der Waals surface area (Å²) in [5, 5.41) is 5.97. The molecular formula is C28H35FN4O5. The minimum Gasteiger partial charge on any atom is -0.493 e. The van der Waals surface area contributed by atoms with Gasteiger partial charge in [0.25, 0.3) is 5.91 Å². The minimum atomic E-state index is -0.491. The number of hydrogen-bond acceptors (Lipinski definition) is 7. The second-order valence-corrected chi connectivity index (χ2v) is 9.22. The maximum absolute atomic E-state index is 14.7. The summed E-state index contributed by atoms with van der Waals surface area (Å²) in [5.74, 6) is 0.238. The predicted octanol–water partition coefficient (Wildman–Crippen LogP) is 3.09. The average molecular weight is 527 g/mol. The van der Waals surface area contributed by atoms with E-state index >= 15 is 0 Å². The molecule has 0 aliphatic carbocycles. The van der Waals surface area contributed by atoms with Gasteiger partial charge in [-0.15, -0.1) is 0 Å². The third-order valence-corrected chi connectivity index (χ3v) is 6.91. The quantitative estimate of drug-likeness (QED) is 0.473. The number of ether oxygens (including phenoxy) is 3. The van der Waals surface area contributed by atoms with Gasteiger partial charge >= 0.3 is 0 Å². The molecule has 0 bridgehead atoms. The number of methoxy groups -OCH3 is 2. The van der Waals surface area contributed by atoms with Gasteiger partial charge in [0.1, 0.15) is 12.4 Å². The molecule has 2 amide bonds. The van der Waals surface area contributed by atoms with Crippen molar-refractivity contribution in [2.24, 2.45) is 5.10 Å². The molecule has 4 rings (SSSR count). The van der Waals surface area contributed by atoms with E-state index in [2.05, 4.69) is 10.0 Å². The molecule has 2 heterocycles. The highest BCUT2D eigenvalue weighted by Gasteiger charge is 2.35. The van der Waals surface area contributed by atoms with Crippen molar-refractivity contribution in [1.29, 1.82) is 0 Å². The molecule has 1 fully saturated rings. The predicted molar refractivity (Wildman–Crippen MR) is 141 cm³/mol. The van der Waals surface area contributed by atoms with Gasteiger partial charge in [-0.3, -0.25) is 14.5 Å². The lowest BCUT2D eigenvalue weighted by Crippen LogP contribution is -2.46. The van der Waals surface area contributed by atoms with E-state index < -0.39 is 11.9 Å². The first-order valence-electron chi connectivity index (χ1n) is 12.9. The van der Waals surface area contributed by atoms with E-state index in [0.717, 1.165) is 18.7 Å². The maximum atomic E-state index is 14.7. The Morgan fingerprint density at radius 3 is 2.53 bits per heavy atom. The standard InChI is InChI=1S/C28H35FN4O5/c1-4-27(34)32(12-11-31-13-15-38-16-14-31)19-28(35)33-24(20-9-10-25(36-2)26(17-20)37-3)18-23(30-33)21-7-5-6-8-22(21)29/h5-10,17,24H,4,11-16,18-19H2,1-3H3/t24-/m0/s1. The number of rotatable bonds is 10. The fourth-order valence-corrected chi connectivity index (χ4v) is 4.76. The van der Waals surface area contributed by atoms with Gasteiger partial charge in [-0.05, 0) is 23.8 Å². The summed E-state index contributed by atoms with van der Waals surface area (Å²) in [7, 11) is 3.10. The zero-order valence-electron chi connectivity index (χ0n) is 22.2. The Morgan fingerprint density at radius 2 is 1.84 bits per heavy atom. The van der Waals surface area contributed by atoms with Gasteiger partial charge < -0.3 is 19.1 Å². The monoisotopic (exact) mass is 526 g/mol. The lowest BCUT2D eigenvalue weighted by Gasteiger charge is -2.31. The highest BCUT2D eigenvalue weighted by atomic mass is 19.1. The zero-order chi connectivity index (χ0) is 27.1. The van der Waals surface area contributed by atoms with Crippen molar-refractivity contribution >= 4 is 17.5 Å². The number of nitrogens with zero attached hydrogens (tertiary/aromatic N) is 4. The first-order chi connectivity index (χ1) is 18.4. The van der Waals surface area contributed by atoms with Crippen molar-refractivity contribution in [2.75, 3.05) is 60.2 Å². The topological polar surface area (TPSA) is 83.9 Å². The smallest absolute Gasteiger partial charge is 0.262 e. The van der Waals surface area contributed by atoms with E-state index in [0.29, 0.717) is 61.9 Å². The molecule has 9 nitrogen and oxygen atoms in total. The first kappa shape index (κ1) is 27.5. The molecule has 0 N–H and O–H groups in total. The summed E-state index contributed by atoms with van der Waals surface area (Å²) in [4.78, 5) is 30.3. The molecule has 1 atom stereocenters. The molecule has 2 aliphatic rings. The molecule has 2 aliphatic heterocycles. The second-order valence-electron chi connectivity index (χ2n) is 9.22. The van der Waals surface area contributed by atoms with Crippen LogP contribution in [0.3, 0.4) is 0 Å². The van der Waals surface area contributed by atoms with Crippen molar-refractivity contribution in [3.05, 3.63) is 59.4 Å². The summed E-state index contributed by atoms with van der Waals surface area (Å²) in [5.41, 5.74) is 1.59. The van der Waals surface area contributed by atoms with Gasteiger partial charge in [-0.1, -0.05) is 31.2 Å². The average Bonchev–Trinajstić information content (AvgIpc) is 3.40. The number of halogens is 1. The minimum absolute atomic E-state index is 0.105. The lowest BCUT2D eigenvalue weighted by atomic mass is 9.97. The number of carbonyl (C=O) groups is 2. The van der Waals surface area contributed by atoms with Crippen molar-refractivity contribution in [3.63, 3.8) is 0 Å². The molecule has 204 valence electrons. The Hall–Kier alpha value is -3.50. The van der Waals surface area contributed by atoms with Gasteiger partial charge in [-0.25, -0.2) is 9.40 Å². The van der Waals surface area contributed by atoms with E-state index in [1.54, 1.807) is 56.4 Å². The van der Waals surface area contributed by atoms with Gasteiger partial charge in [-0.2, -0.15) is 5.10 Å². The van der Waals surface area contributed by atoms with E-state index in [1.807, 2.05) is 6.07 Å². The maximum Gasteiger partial charge on any atom is 0.262 e. The summed E-state index contributed by atoms with van der Waals surface area (Å²) in [6, 6.07) is 11.3. The fourth-order valence-electron chi connectivity index (χ4n) is 4.76. The Bertz CT molecular complexity index is 1170. The molecule has 0 saturated carbocycles. The number of hydrazone groups is 1. The zero-order valence-corrected chi connectivity index (χ0v) is 22.2. The molecular weight excluding hydrogens is 491 g/mol. The van der Waals surface area contributed by atoms with E-state index in [-0.39, 0.29) is 18.4 Å². The van der Waals surface area contributed by atoms with Crippen LogP contribution in [0.25, 0.3) is 0 Å². The van der Waals surface area contributed by atoms with Gasteiger partial charge in [0, 0.05) is 44.6 Å². The van der Waals surface area contributed by atoms with Gasteiger partial charge in [0.2, 0.25) is 5.91 Å². The van der Waals surface area contributed by atoms with Crippen molar-refractivity contribution in [3.8, 4) is 11.5 Å². The summed E-state index contributed by atoms with van der Waals surface area (Å²) < 4.78 is 30.9. The van der Waals surface area contributed by atoms with Crippen LogP contribution in [0, 0.1) is 5.82 Å². The normalized spacial score (nSPS) is 17.7. The van der Waals surface area contributed by atoms with Crippen LogP contribution in [0.5, 0.6) is 11.5 Å². The van der Waals surface area contributed by atoms with Gasteiger partial charge in [0.15, 0.2) is 11.5 Å². The fraction of sp³-hybridized carbons (Fsp3) is 0.464. The molecule has 0 aromatic heterocycles. The van der Waals surface area contributed by atoms with E-state index in [1.165, 1.54) is 11.1 Å². The van der Waals surface area contributed by atoms with E-state index in [9.17, 15) is 14.0 Å². The van der Waals surface area contributed by atoms with Crippen LogP contribution in [-0.2, 0) is 14.3 Å².